The Labute approximate surface area is 181 Å². The average Bonchev–Trinajstić information content (AvgIpc) is 3.27. The van der Waals surface area contributed by atoms with Gasteiger partial charge in [-0.15, -0.1) is 0 Å². The minimum Gasteiger partial charge on any atom is -0.452 e. The van der Waals surface area contributed by atoms with E-state index in [-0.39, 0.29) is 24.5 Å². The highest BCUT2D eigenvalue weighted by atomic mass is 16.5. The van der Waals surface area contributed by atoms with E-state index in [0.717, 1.165) is 36.3 Å². The Morgan fingerprint density at radius 3 is 2.71 bits per heavy atom. The molecule has 0 aliphatic carbocycles. The lowest BCUT2D eigenvalue weighted by atomic mass is 10.1. The molecule has 0 bridgehead atoms. The maximum Gasteiger partial charge on any atom is 0.338 e. The number of esters is 1. The number of carbonyl (C=O) groups excluding carboxylic acids is 3. The van der Waals surface area contributed by atoms with Crippen LogP contribution in [0.25, 0.3) is 0 Å². The molecule has 0 spiro atoms. The van der Waals surface area contributed by atoms with Crippen molar-refractivity contribution < 1.29 is 19.1 Å². The van der Waals surface area contributed by atoms with E-state index in [0.29, 0.717) is 17.8 Å². The summed E-state index contributed by atoms with van der Waals surface area (Å²) in [5.74, 6) is -1.03. The standard InChI is InChI=1S/C23H26N4O4/c1-26(2)17-8-5-15(6-9-17)13-24-21(28)14-31-23(30)16-7-10-19-18(12-16)25-22(29)20-4-3-11-27(19)20/h5-10,12,20H,3-4,11,13-14H2,1-2H3,(H,24,28)(H,25,29)/t20-/m1/s1. The molecule has 162 valence electrons. The molecular weight excluding hydrogens is 396 g/mol. The molecule has 0 radical (unpaired) electrons. The molecule has 2 N–H and O–H groups in total. The first kappa shape index (κ1) is 20.7. The molecule has 2 aliphatic heterocycles. The largest absolute Gasteiger partial charge is 0.452 e. The van der Waals surface area contributed by atoms with Crippen LogP contribution in [0.5, 0.6) is 0 Å². The number of nitrogens with zero attached hydrogens (tertiary/aromatic N) is 2. The van der Waals surface area contributed by atoms with Gasteiger partial charge in [0.1, 0.15) is 6.04 Å². The van der Waals surface area contributed by atoms with E-state index in [1.165, 1.54) is 0 Å². The summed E-state index contributed by atoms with van der Waals surface area (Å²) in [6.45, 7) is 0.811. The zero-order chi connectivity index (χ0) is 22.0. The number of carbonyl (C=O) groups is 3. The number of rotatable bonds is 6. The number of hydrogen-bond donors (Lipinski definition) is 2. The lowest BCUT2D eigenvalue weighted by Crippen LogP contribution is -2.43. The molecular formula is C23H26N4O4. The third-order valence-corrected chi connectivity index (χ3v) is 5.63. The van der Waals surface area contributed by atoms with Crippen molar-refractivity contribution >= 4 is 34.8 Å². The first-order valence-electron chi connectivity index (χ1n) is 10.3. The summed E-state index contributed by atoms with van der Waals surface area (Å²) >= 11 is 0. The highest BCUT2D eigenvalue weighted by Crippen LogP contribution is 2.37. The molecule has 2 aromatic rings. The molecule has 0 aromatic heterocycles. The molecule has 1 atom stereocenters. The van der Waals surface area contributed by atoms with Gasteiger partial charge in [-0.05, 0) is 48.7 Å². The summed E-state index contributed by atoms with van der Waals surface area (Å²) < 4.78 is 5.15. The molecule has 0 unspecified atom stereocenters. The van der Waals surface area contributed by atoms with E-state index >= 15 is 0 Å². The van der Waals surface area contributed by atoms with Gasteiger partial charge in [0.2, 0.25) is 5.91 Å². The van der Waals surface area contributed by atoms with Crippen LogP contribution in [0.1, 0.15) is 28.8 Å². The van der Waals surface area contributed by atoms with Crippen LogP contribution in [0, 0.1) is 0 Å². The number of nitrogens with one attached hydrogen (secondary N) is 2. The van der Waals surface area contributed by atoms with Gasteiger partial charge in [-0.2, -0.15) is 0 Å². The predicted molar refractivity (Wildman–Crippen MR) is 118 cm³/mol. The number of anilines is 3. The highest BCUT2D eigenvalue weighted by Gasteiger charge is 2.36. The second-order valence-corrected chi connectivity index (χ2v) is 7.99. The molecule has 8 nitrogen and oxygen atoms in total. The van der Waals surface area contributed by atoms with Crippen molar-refractivity contribution in [3.63, 3.8) is 0 Å². The summed E-state index contributed by atoms with van der Waals surface area (Å²) in [7, 11) is 3.93. The Balaban J connectivity index is 1.30. The second kappa shape index (κ2) is 8.67. The Morgan fingerprint density at radius 2 is 1.97 bits per heavy atom. The number of benzene rings is 2. The van der Waals surface area contributed by atoms with Crippen molar-refractivity contribution in [3.05, 3.63) is 53.6 Å². The monoisotopic (exact) mass is 422 g/mol. The van der Waals surface area contributed by atoms with Gasteiger partial charge in [-0.25, -0.2) is 4.79 Å². The highest BCUT2D eigenvalue weighted by molar-refractivity contribution is 6.05. The van der Waals surface area contributed by atoms with Crippen LogP contribution in [0.3, 0.4) is 0 Å². The molecule has 2 amide bonds. The van der Waals surface area contributed by atoms with Gasteiger partial charge >= 0.3 is 5.97 Å². The Hall–Kier alpha value is -3.55. The molecule has 1 fully saturated rings. The van der Waals surface area contributed by atoms with Crippen LogP contribution in [0.2, 0.25) is 0 Å². The number of amides is 2. The first-order valence-corrected chi connectivity index (χ1v) is 10.3. The fourth-order valence-corrected chi connectivity index (χ4v) is 3.94. The van der Waals surface area contributed by atoms with Crippen molar-refractivity contribution in [2.75, 3.05) is 42.4 Å². The third kappa shape index (κ3) is 4.47. The summed E-state index contributed by atoms with van der Waals surface area (Å²) in [5.41, 5.74) is 3.84. The Bertz CT molecular complexity index is 1000. The third-order valence-electron chi connectivity index (χ3n) is 5.63. The van der Waals surface area contributed by atoms with E-state index in [1.54, 1.807) is 12.1 Å². The molecule has 8 heteroatoms. The zero-order valence-corrected chi connectivity index (χ0v) is 17.7. The van der Waals surface area contributed by atoms with Crippen LogP contribution in [0.15, 0.2) is 42.5 Å². The van der Waals surface area contributed by atoms with Crippen molar-refractivity contribution in [1.82, 2.24) is 5.32 Å². The van der Waals surface area contributed by atoms with Gasteiger partial charge in [0.25, 0.3) is 5.91 Å². The van der Waals surface area contributed by atoms with Crippen molar-refractivity contribution in [2.24, 2.45) is 0 Å². The maximum atomic E-state index is 12.4. The van der Waals surface area contributed by atoms with Gasteiger partial charge in [0.15, 0.2) is 6.61 Å². The second-order valence-electron chi connectivity index (χ2n) is 7.99. The van der Waals surface area contributed by atoms with Crippen LogP contribution in [0.4, 0.5) is 17.1 Å². The molecule has 1 saturated heterocycles. The zero-order valence-electron chi connectivity index (χ0n) is 17.7. The van der Waals surface area contributed by atoms with Crippen LogP contribution in [-0.2, 0) is 20.9 Å². The van der Waals surface area contributed by atoms with Crippen LogP contribution >= 0.6 is 0 Å². The Morgan fingerprint density at radius 1 is 1.19 bits per heavy atom. The lowest BCUT2D eigenvalue weighted by molar-refractivity contribution is -0.124. The summed E-state index contributed by atoms with van der Waals surface area (Å²) in [5, 5.41) is 5.61. The summed E-state index contributed by atoms with van der Waals surface area (Å²) in [6, 6.07) is 12.8. The normalized spacial score (nSPS) is 16.8. The van der Waals surface area contributed by atoms with Crippen molar-refractivity contribution in [1.29, 1.82) is 0 Å². The number of fused-ring (bicyclic) bond motifs is 3. The molecule has 31 heavy (non-hydrogen) atoms. The Kier molecular flexibility index (Phi) is 5.79. The fraction of sp³-hybridized carbons (Fsp3) is 0.348. The SMILES string of the molecule is CN(C)c1ccc(CNC(=O)COC(=O)c2ccc3c(c2)NC(=O)[C@H]2CCCN32)cc1. The van der Waals surface area contributed by atoms with E-state index < -0.39 is 5.97 Å². The summed E-state index contributed by atoms with van der Waals surface area (Å²) in [6.07, 6.45) is 1.81. The van der Waals surface area contributed by atoms with Gasteiger partial charge in [-0.1, -0.05) is 12.1 Å². The van der Waals surface area contributed by atoms with Gasteiger partial charge in [0.05, 0.1) is 16.9 Å². The predicted octanol–water partition coefficient (Wildman–Crippen LogP) is 2.15. The van der Waals surface area contributed by atoms with Crippen LogP contribution < -0.4 is 20.4 Å². The minimum atomic E-state index is -0.605. The smallest absolute Gasteiger partial charge is 0.338 e. The molecule has 2 heterocycles. The lowest BCUT2D eigenvalue weighted by Gasteiger charge is -2.33. The van der Waals surface area contributed by atoms with E-state index in [1.807, 2.05) is 49.3 Å². The van der Waals surface area contributed by atoms with E-state index in [4.69, 9.17) is 4.74 Å². The quantitative estimate of drug-likeness (QED) is 0.694. The van der Waals surface area contributed by atoms with Gasteiger partial charge < -0.3 is 25.2 Å². The van der Waals surface area contributed by atoms with Gasteiger partial charge in [0, 0.05) is 32.9 Å². The van der Waals surface area contributed by atoms with Gasteiger partial charge in [-0.3, -0.25) is 9.59 Å². The van der Waals surface area contributed by atoms with Crippen molar-refractivity contribution in [2.45, 2.75) is 25.4 Å². The van der Waals surface area contributed by atoms with E-state index in [9.17, 15) is 14.4 Å². The van der Waals surface area contributed by atoms with E-state index in [2.05, 4.69) is 15.5 Å². The maximum absolute atomic E-state index is 12.4. The average molecular weight is 422 g/mol. The fourth-order valence-electron chi connectivity index (χ4n) is 3.94. The molecule has 2 aliphatic rings. The summed E-state index contributed by atoms with van der Waals surface area (Å²) in [4.78, 5) is 40.8. The van der Waals surface area contributed by atoms with Crippen LogP contribution in [-0.4, -0.2) is 51.1 Å². The molecule has 0 saturated carbocycles. The molecule has 2 aromatic carbocycles. The number of hydrogen-bond acceptors (Lipinski definition) is 6. The van der Waals surface area contributed by atoms with Crippen molar-refractivity contribution in [3.8, 4) is 0 Å². The first-order chi connectivity index (χ1) is 14.9. The molecule has 4 rings (SSSR count). The number of ether oxygens (including phenoxy) is 1. The topological polar surface area (TPSA) is 91.0 Å². The minimum absolute atomic E-state index is 0.0477.